The van der Waals surface area contributed by atoms with Gasteiger partial charge in [0.2, 0.25) is 0 Å². The monoisotopic (exact) mass is 179 g/mol. The molecule has 0 amide bonds. The highest BCUT2D eigenvalue weighted by atomic mass is 32.2. The van der Waals surface area contributed by atoms with E-state index in [1.807, 2.05) is 46.5 Å². The molecule has 12 heavy (non-hydrogen) atoms. The number of hydrogen-bond acceptors (Lipinski definition) is 4. The van der Waals surface area contributed by atoms with Crippen LogP contribution in [0.1, 0.15) is 0 Å². The first-order valence-electron chi connectivity index (χ1n) is 3.65. The van der Waals surface area contributed by atoms with Crippen LogP contribution in [0.25, 0.3) is 0 Å². The predicted octanol–water partition coefficient (Wildman–Crippen LogP) is 1.95. The second-order valence-corrected chi connectivity index (χ2v) is 3.16. The topological polar surface area (TPSA) is 27.3 Å². The molecule has 1 heterocycles. The summed E-state index contributed by atoms with van der Waals surface area (Å²) in [6.07, 6.45) is 1.88. The van der Waals surface area contributed by atoms with Crippen LogP contribution < -0.4 is 10.9 Å². The lowest BCUT2D eigenvalue weighted by Crippen LogP contribution is -2.29. The van der Waals surface area contributed by atoms with E-state index in [0.29, 0.717) is 0 Å². The van der Waals surface area contributed by atoms with Gasteiger partial charge in [0.1, 0.15) is 0 Å². The number of rotatable bonds is 2. The van der Waals surface area contributed by atoms with Crippen molar-refractivity contribution in [1.82, 2.24) is 9.95 Å². The van der Waals surface area contributed by atoms with Gasteiger partial charge in [-0.2, -0.15) is 0 Å². The van der Waals surface area contributed by atoms with Gasteiger partial charge in [-0.1, -0.05) is 22.7 Å². The summed E-state index contributed by atoms with van der Waals surface area (Å²) in [5.74, 6) is 0. The number of anilines is 1. The first-order valence-corrected chi connectivity index (χ1v) is 4.48. The quantitative estimate of drug-likeness (QED) is 0.679. The standard InChI is InChI=1S/C8H9N3S/c1-2-4-8(5-3-1)10-11-9-6-7-12-11/h1-7,9-10H. The molecule has 1 aromatic carbocycles. The van der Waals surface area contributed by atoms with Crippen molar-refractivity contribution in [2.45, 2.75) is 0 Å². The fraction of sp³-hybridized carbons (Fsp3) is 0. The lowest BCUT2D eigenvalue weighted by atomic mass is 10.3. The van der Waals surface area contributed by atoms with Crippen LogP contribution in [-0.2, 0) is 0 Å². The summed E-state index contributed by atoms with van der Waals surface area (Å²) in [5.41, 5.74) is 7.24. The normalized spacial score (nSPS) is 16.0. The number of nitrogens with one attached hydrogen (secondary N) is 2. The minimum Gasteiger partial charge on any atom is -0.298 e. The van der Waals surface area contributed by atoms with E-state index in [2.05, 4.69) is 10.9 Å². The van der Waals surface area contributed by atoms with Crippen LogP contribution in [0.2, 0.25) is 0 Å². The molecule has 0 bridgehead atoms. The third-order valence-electron chi connectivity index (χ3n) is 1.43. The van der Waals surface area contributed by atoms with Gasteiger partial charge in [0.15, 0.2) is 0 Å². The highest BCUT2D eigenvalue weighted by Crippen LogP contribution is 2.15. The Balaban J connectivity index is 1.95. The second kappa shape index (κ2) is 3.51. The number of nitrogens with zero attached hydrogens (tertiary/aromatic N) is 1. The first-order chi connectivity index (χ1) is 5.95. The van der Waals surface area contributed by atoms with E-state index in [1.54, 1.807) is 11.9 Å². The molecule has 4 heteroatoms. The molecule has 3 nitrogen and oxygen atoms in total. The van der Waals surface area contributed by atoms with E-state index >= 15 is 0 Å². The van der Waals surface area contributed by atoms with E-state index in [1.165, 1.54) is 0 Å². The Labute approximate surface area is 75.5 Å². The van der Waals surface area contributed by atoms with Gasteiger partial charge >= 0.3 is 0 Å². The van der Waals surface area contributed by atoms with E-state index < -0.39 is 0 Å². The number of hydrogen-bond donors (Lipinski definition) is 2. The molecule has 0 radical (unpaired) electrons. The summed E-state index contributed by atoms with van der Waals surface area (Å²) < 4.78 is 1.83. The summed E-state index contributed by atoms with van der Waals surface area (Å²) in [7, 11) is 0. The van der Waals surface area contributed by atoms with Gasteiger partial charge in [0.05, 0.1) is 5.69 Å². The predicted molar refractivity (Wildman–Crippen MR) is 51.8 cm³/mol. The van der Waals surface area contributed by atoms with Gasteiger partial charge in [-0.3, -0.25) is 10.9 Å². The van der Waals surface area contributed by atoms with Crippen molar-refractivity contribution >= 4 is 17.6 Å². The SMILES string of the molecule is C1=CSN(Nc2ccccc2)N1. The third kappa shape index (κ3) is 1.72. The first kappa shape index (κ1) is 7.52. The molecular weight excluding hydrogens is 170 g/mol. The number of benzene rings is 1. The van der Waals surface area contributed by atoms with Crippen molar-refractivity contribution in [3.8, 4) is 0 Å². The lowest BCUT2D eigenvalue weighted by molar-refractivity contribution is 0.496. The fourth-order valence-electron chi connectivity index (χ4n) is 0.908. The average Bonchev–Trinajstić information content (AvgIpc) is 2.59. The number of para-hydroxylation sites is 1. The van der Waals surface area contributed by atoms with Crippen LogP contribution in [0.5, 0.6) is 0 Å². The summed E-state index contributed by atoms with van der Waals surface area (Å²) in [5, 5.41) is 1.97. The van der Waals surface area contributed by atoms with Crippen molar-refractivity contribution < 1.29 is 0 Å². The average molecular weight is 179 g/mol. The Morgan fingerprint density at radius 2 is 2.08 bits per heavy atom. The molecule has 0 saturated heterocycles. The van der Waals surface area contributed by atoms with Crippen molar-refractivity contribution in [3.05, 3.63) is 41.9 Å². The molecule has 0 spiro atoms. The van der Waals surface area contributed by atoms with E-state index in [4.69, 9.17) is 0 Å². The maximum atomic E-state index is 3.16. The molecule has 2 N–H and O–H groups in total. The highest BCUT2D eigenvalue weighted by Gasteiger charge is 2.04. The zero-order chi connectivity index (χ0) is 8.23. The van der Waals surface area contributed by atoms with Gasteiger partial charge in [-0.25, -0.2) is 0 Å². The van der Waals surface area contributed by atoms with Gasteiger partial charge in [0.25, 0.3) is 0 Å². The molecule has 0 aliphatic carbocycles. The van der Waals surface area contributed by atoms with E-state index in [9.17, 15) is 0 Å². The van der Waals surface area contributed by atoms with Crippen LogP contribution >= 0.6 is 11.9 Å². The Kier molecular flexibility index (Phi) is 2.20. The molecule has 1 aromatic rings. The molecule has 0 unspecified atom stereocenters. The Hall–Kier alpha value is -1.13. The molecule has 1 aliphatic heterocycles. The summed E-state index contributed by atoms with van der Waals surface area (Å²) >= 11 is 1.57. The highest BCUT2D eigenvalue weighted by molar-refractivity contribution is 8.00. The van der Waals surface area contributed by atoms with Gasteiger partial charge < -0.3 is 0 Å². The molecule has 62 valence electrons. The zero-order valence-corrected chi connectivity index (χ0v) is 7.21. The summed E-state index contributed by atoms with van der Waals surface area (Å²) in [4.78, 5) is 0. The molecular formula is C8H9N3S. The molecule has 1 aliphatic rings. The van der Waals surface area contributed by atoms with E-state index in [0.717, 1.165) is 5.69 Å². The van der Waals surface area contributed by atoms with Crippen LogP contribution in [0.3, 0.4) is 0 Å². The van der Waals surface area contributed by atoms with Gasteiger partial charge in [-0.15, -0.1) is 0 Å². The zero-order valence-electron chi connectivity index (χ0n) is 6.40. The Morgan fingerprint density at radius 3 is 2.75 bits per heavy atom. The van der Waals surface area contributed by atoms with Gasteiger partial charge in [-0.05, 0) is 24.1 Å². The number of hydrazine groups is 2. The minimum absolute atomic E-state index is 1.07. The van der Waals surface area contributed by atoms with Crippen LogP contribution in [0.15, 0.2) is 41.9 Å². The Morgan fingerprint density at radius 1 is 1.25 bits per heavy atom. The van der Waals surface area contributed by atoms with Crippen LogP contribution in [0.4, 0.5) is 5.69 Å². The second-order valence-electron chi connectivity index (χ2n) is 2.31. The molecule has 2 rings (SSSR count). The minimum atomic E-state index is 1.07. The maximum Gasteiger partial charge on any atom is 0.0517 e. The Bertz CT molecular complexity index is 265. The van der Waals surface area contributed by atoms with Crippen molar-refractivity contribution in [2.75, 3.05) is 5.43 Å². The summed E-state index contributed by atoms with van der Waals surface area (Å²) in [6.45, 7) is 0. The summed E-state index contributed by atoms with van der Waals surface area (Å²) in [6, 6.07) is 10.0. The largest absolute Gasteiger partial charge is 0.298 e. The van der Waals surface area contributed by atoms with Crippen molar-refractivity contribution in [2.24, 2.45) is 0 Å². The van der Waals surface area contributed by atoms with Gasteiger partial charge in [0, 0.05) is 11.6 Å². The third-order valence-corrected chi connectivity index (χ3v) is 2.10. The fourth-order valence-corrected chi connectivity index (χ4v) is 1.43. The van der Waals surface area contributed by atoms with Crippen LogP contribution in [0, 0.1) is 0 Å². The maximum absolute atomic E-state index is 3.16. The van der Waals surface area contributed by atoms with E-state index in [-0.39, 0.29) is 0 Å². The molecule has 0 fully saturated rings. The van der Waals surface area contributed by atoms with Crippen molar-refractivity contribution in [3.63, 3.8) is 0 Å². The molecule has 0 aromatic heterocycles. The van der Waals surface area contributed by atoms with Crippen LogP contribution in [-0.4, -0.2) is 4.52 Å². The smallest absolute Gasteiger partial charge is 0.0517 e. The lowest BCUT2D eigenvalue weighted by Gasteiger charge is -2.16. The van der Waals surface area contributed by atoms with Crippen molar-refractivity contribution in [1.29, 1.82) is 0 Å². The molecule has 0 saturated carbocycles. The molecule has 0 atom stereocenters.